The quantitative estimate of drug-likeness (QED) is 0.438. The highest BCUT2D eigenvalue weighted by atomic mass is 19.1. The van der Waals surface area contributed by atoms with Gasteiger partial charge in [-0.2, -0.15) is 9.65 Å². The van der Waals surface area contributed by atoms with Gasteiger partial charge in [-0.1, -0.05) is 0 Å². The Hall–Kier alpha value is -2.67. The highest BCUT2D eigenvalue weighted by Gasteiger charge is 2.33. The maximum Gasteiger partial charge on any atom is 0.236 e. The first-order valence-electron chi connectivity index (χ1n) is 13.2. The van der Waals surface area contributed by atoms with Crippen LogP contribution in [0.1, 0.15) is 51.1 Å². The molecule has 200 valence electrons. The van der Waals surface area contributed by atoms with Crippen molar-refractivity contribution < 1.29 is 18.3 Å². The van der Waals surface area contributed by atoms with Crippen LogP contribution in [0.2, 0.25) is 0 Å². The zero-order valence-corrected chi connectivity index (χ0v) is 21.7. The lowest BCUT2D eigenvalue weighted by atomic mass is 9.81. The molecule has 0 unspecified atom stereocenters. The fourth-order valence-electron chi connectivity index (χ4n) is 5.42. The normalized spacial score (nSPS) is 22.2. The van der Waals surface area contributed by atoms with Gasteiger partial charge in [-0.05, 0) is 69.9 Å². The second kappa shape index (κ2) is 12.7. The van der Waals surface area contributed by atoms with Crippen LogP contribution in [-0.4, -0.2) is 55.5 Å². The molecular formula is C28H37F2N5O2. The van der Waals surface area contributed by atoms with E-state index in [1.165, 1.54) is 12.4 Å². The number of pyridine rings is 2. The van der Waals surface area contributed by atoms with E-state index in [9.17, 15) is 14.0 Å². The topological polar surface area (TPSA) is 92.1 Å². The van der Waals surface area contributed by atoms with Crippen molar-refractivity contribution in [3.63, 3.8) is 0 Å². The molecule has 1 saturated carbocycles. The van der Waals surface area contributed by atoms with Gasteiger partial charge in [0.2, 0.25) is 5.95 Å². The molecular weight excluding hydrogens is 476 g/mol. The van der Waals surface area contributed by atoms with E-state index in [1.807, 2.05) is 0 Å². The molecule has 37 heavy (non-hydrogen) atoms. The van der Waals surface area contributed by atoms with Crippen LogP contribution in [0.3, 0.4) is 0 Å². The van der Waals surface area contributed by atoms with E-state index >= 15 is 0 Å². The number of aromatic nitrogens is 2. The summed E-state index contributed by atoms with van der Waals surface area (Å²) in [4.78, 5) is 8.20. The number of nitrogens with zero attached hydrogens (tertiary/aromatic N) is 3. The Labute approximate surface area is 218 Å². The number of ether oxygens (including phenoxy) is 2. The summed E-state index contributed by atoms with van der Waals surface area (Å²) in [7, 11) is 1.72. The summed E-state index contributed by atoms with van der Waals surface area (Å²) in [5, 5.41) is 16.4. The summed E-state index contributed by atoms with van der Waals surface area (Å²) in [5.74, 6) is -0.656. The van der Waals surface area contributed by atoms with Crippen LogP contribution < -0.4 is 10.6 Å². The van der Waals surface area contributed by atoms with Crippen LogP contribution >= 0.6 is 0 Å². The molecule has 2 aromatic heterocycles. The molecule has 1 saturated heterocycles. The molecule has 2 fully saturated rings. The van der Waals surface area contributed by atoms with Gasteiger partial charge in [-0.15, -0.1) is 0 Å². The van der Waals surface area contributed by atoms with Crippen LogP contribution in [0.5, 0.6) is 0 Å². The first kappa shape index (κ1) is 27.4. The van der Waals surface area contributed by atoms with Gasteiger partial charge in [0, 0.05) is 62.0 Å². The molecule has 7 nitrogen and oxygen atoms in total. The van der Waals surface area contributed by atoms with E-state index in [1.54, 1.807) is 19.2 Å². The highest BCUT2D eigenvalue weighted by molar-refractivity contribution is 5.67. The molecule has 4 rings (SSSR count). The summed E-state index contributed by atoms with van der Waals surface area (Å²) in [6.07, 6.45) is 8.89. The average Bonchev–Trinajstić information content (AvgIpc) is 2.91. The molecule has 2 N–H and O–H groups in total. The standard InChI is InChI=1S/C28H37F2N5O2/c1-19(16-36-2)35-22-5-3-20(4-6-22)11-23-13-24(25(29)15-32-23)21-12-26(27(30)33-14-21)34-18-28(17-31)7-9-37-10-8-28/h12-15,19-20,22,34-35H,3-11,16,18H2,1-2H3/t19-,20?,22?/m1/s1. The molecule has 3 heterocycles. The van der Waals surface area contributed by atoms with Gasteiger partial charge in [0.05, 0.1) is 30.0 Å². The van der Waals surface area contributed by atoms with Gasteiger partial charge in [0.25, 0.3) is 0 Å². The van der Waals surface area contributed by atoms with Gasteiger partial charge in [0.15, 0.2) is 0 Å². The molecule has 0 radical (unpaired) electrons. The maximum absolute atomic E-state index is 14.8. The van der Waals surface area contributed by atoms with E-state index < -0.39 is 17.2 Å². The lowest BCUT2D eigenvalue weighted by Gasteiger charge is -2.31. The van der Waals surface area contributed by atoms with Crippen molar-refractivity contribution in [3.05, 3.63) is 42.0 Å². The van der Waals surface area contributed by atoms with Gasteiger partial charge in [-0.25, -0.2) is 9.37 Å². The SMILES string of the molecule is COC[C@@H](C)NC1CCC(Cc2cc(-c3cnc(F)c(NCC4(C#N)CCOCC4)c3)c(F)cn2)CC1. The van der Waals surface area contributed by atoms with Crippen LogP contribution in [-0.2, 0) is 15.9 Å². The summed E-state index contributed by atoms with van der Waals surface area (Å²) in [6, 6.07) is 6.51. The number of nitriles is 1. The van der Waals surface area contributed by atoms with Gasteiger partial charge < -0.3 is 20.1 Å². The first-order valence-corrected chi connectivity index (χ1v) is 13.2. The number of rotatable bonds is 10. The zero-order valence-electron chi connectivity index (χ0n) is 21.7. The van der Waals surface area contributed by atoms with Crippen LogP contribution in [0.4, 0.5) is 14.5 Å². The number of hydrogen-bond acceptors (Lipinski definition) is 7. The number of anilines is 1. The summed E-state index contributed by atoms with van der Waals surface area (Å²) in [5.41, 5.74) is 1.19. The molecule has 0 spiro atoms. The van der Waals surface area contributed by atoms with Crippen molar-refractivity contribution in [1.82, 2.24) is 15.3 Å². The smallest absolute Gasteiger partial charge is 0.236 e. The highest BCUT2D eigenvalue weighted by Crippen LogP contribution is 2.33. The van der Waals surface area contributed by atoms with E-state index in [-0.39, 0.29) is 12.2 Å². The molecule has 2 aliphatic rings. The second-order valence-corrected chi connectivity index (χ2v) is 10.5. The minimum atomic E-state index is -0.677. The molecule has 2 aromatic rings. The van der Waals surface area contributed by atoms with Gasteiger partial charge >= 0.3 is 0 Å². The summed E-state index contributed by atoms with van der Waals surface area (Å²) < 4.78 is 39.9. The van der Waals surface area contributed by atoms with Crippen LogP contribution in [0.15, 0.2) is 24.5 Å². The van der Waals surface area contributed by atoms with Crippen molar-refractivity contribution in [2.75, 3.05) is 38.8 Å². The Balaban J connectivity index is 1.41. The molecule has 0 amide bonds. The number of hydrogen-bond donors (Lipinski definition) is 2. The Morgan fingerprint density at radius 2 is 1.92 bits per heavy atom. The first-order chi connectivity index (χ1) is 17.9. The van der Waals surface area contributed by atoms with Crippen molar-refractivity contribution in [2.45, 2.75) is 64.0 Å². The summed E-state index contributed by atoms with van der Waals surface area (Å²) >= 11 is 0. The Morgan fingerprint density at radius 1 is 1.16 bits per heavy atom. The third kappa shape index (κ3) is 7.22. The Kier molecular flexibility index (Phi) is 9.41. The Morgan fingerprint density at radius 3 is 2.62 bits per heavy atom. The maximum atomic E-state index is 14.8. The third-order valence-corrected chi connectivity index (χ3v) is 7.65. The van der Waals surface area contributed by atoms with E-state index in [2.05, 4.69) is 33.6 Å². The average molecular weight is 514 g/mol. The van der Waals surface area contributed by atoms with Gasteiger partial charge in [-0.3, -0.25) is 4.98 Å². The molecule has 1 aliphatic heterocycles. The molecule has 0 aromatic carbocycles. The predicted octanol–water partition coefficient (Wildman–Crippen LogP) is 4.88. The third-order valence-electron chi connectivity index (χ3n) is 7.65. The minimum Gasteiger partial charge on any atom is -0.383 e. The largest absolute Gasteiger partial charge is 0.383 e. The van der Waals surface area contributed by atoms with E-state index in [0.29, 0.717) is 61.8 Å². The van der Waals surface area contributed by atoms with E-state index in [4.69, 9.17) is 9.47 Å². The van der Waals surface area contributed by atoms with Crippen LogP contribution in [0, 0.1) is 34.4 Å². The van der Waals surface area contributed by atoms with Crippen molar-refractivity contribution >= 4 is 5.69 Å². The predicted molar refractivity (Wildman–Crippen MR) is 138 cm³/mol. The molecule has 9 heteroatoms. The molecule has 1 atom stereocenters. The van der Waals surface area contributed by atoms with Crippen molar-refractivity contribution in [3.8, 4) is 17.2 Å². The Bertz CT molecular complexity index is 1080. The lowest BCUT2D eigenvalue weighted by molar-refractivity contribution is 0.0456. The minimum absolute atomic E-state index is 0.157. The van der Waals surface area contributed by atoms with Gasteiger partial charge in [0.1, 0.15) is 5.82 Å². The summed E-state index contributed by atoms with van der Waals surface area (Å²) in [6.45, 7) is 4.13. The monoisotopic (exact) mass is 513 g/mol. The lowest BCUT2D eigenvalue weighted by Crippen LogP contribution is -2.41. The second-order valence-electron chi connectivity index (χ2n) is 10.5. The molecule has 1 aliphatic carbocycles. The van der Waals surface area contributed by atoms with Crippen LogP contribution in [0.25, 0.3) is 11.1 Å². The fourth-order valence-corrected chi connectivity index (χ4v) is 5.42. The number of halogens is 2. The van der Waals surface area contributed by atoms with Crippen molar-refractivity contribution in [1.29, 1.82) is 5.26 Å². The number of methoxy groups -OCH3 is 1. The zero-order chi connectivity index (χ0) is 26.3. The fraction of sp³-hybridized carbons (Fsp3) is 0.607. The molecule has 0 bridgehead atoms. The number of nitrogens with one attached hydrogen (secondary N) is 2. The van der Waals surface area contributed by atoms with E-state index in [0.717, 1.165) is 37.8 Å². The van der Waals surface area contributed by atoms with Crippen molar-refractivity contribution in [2.24, 2.45) is 11.3 Å².